The quantitative estimate of drug-likeness (QED) is 0.816. The highest BCUT2D eigenvalue weighted by atomic mass is 32.2. The van der Waals surface area contributed by atoms with Crippen LogP contribution in [0, 0.1) is 11.3 Å². The Balaban J connectivity index is 2.06. The van der Waals surface area contributed by atoms with Gasteiger partial charge in [-0.15, -0.1) is 0 Å². The third-order valence-electron chi connectivity index (χ3n) is 3.16. The average molecular weight is 341 g/mol. The van der Waals surface area contributed by atoms with E-state index < -0.39 is 11.7 Å². The maximum absolute atomic E-state index is 12.5. The van der Waals surface area contributed by atoms with Crippen LogP contribution in [-0.2, 0) is 25.1 Å². The molecule has 0 amide bonds. The first kappa shape index (κ1) is 17.4. The fourth-order valence-electron chi connectivity index (χ4n) is 1.97. The number of aliphatic hydroxyl groups is 1. The predicted molar refractivity (Wildman–Crippen MR) is 79.4 cm³/mol. The number of halogens is 3. The largest absolute Gasteiger partial charge is 0.416 e. The van der Waals surface area contributed by atoms with E-state index in [2.05, 4.69) is 4.98 Å². The number of hydrogen-bond acceptors (Lipinski definition) is 4. The third kappa shape index (κ3) is 4.50. The van der Waals surface area contributed by atoms with Gasteiger partial charge in [-0.2, -0.15) is 18.4 Å². The molecule has 8 heteroatoms. The summed E-state index contributed by atoms with van der Waals surface area (Å²) in [6.45, 7) is 0.237. The van der Waals surface area contributed by atoms with Gasteiger partial charge in [-0.05, 0) is 17.7 Å². The summed E-state index contributed by atoms with van der Waals surface area (Å²) in [5, 5.41) is 18.6. The number of alkyl halides is 3. The lowest BCUT2D eigenvalue weighted by atomic mass is 10.1. The van der Waals surface area contributed by atoms with Gasteiger partial charge in [0, 0.05) is 12.3 Å². The van der Waals surface area contributed by atoms with Gasteiger partial charge in [0.15, 0.2) is 5.16 Å². The van der Waals surface area contributed by atoms with Crippen LogP contribution in [0.1, 0.15) is 23.2 Å². The Kier molecular flexibility index (Phi) is 5.69. The van der Waals surface area contributed by atoms with Crippen LogP contribution in [0.2, 0.25) is 0 Å². The Bertz CT molecular complexity index is 689. The van der Waals surface area contributed by atoms with E-state index in [9.17, 15) is 18.3 Å². The van der Waals surface area contributed by atoms with Gasteiger partial charge in [0.2, 0.25) is 0 Å². The predicted octanol–water partition coefficient (Wildman–Crippen LogP) is 3.60. The van der Waals surface area contributed by atoms with Crippen molar-refractivity contribution in [2.45, 2.75) is 36.7 Å². The first-order chi connectivity index (χ1) is 11.0. The van der Waals surface area contributed by atoms with E-state index in [4.69, 9.17) is 5.26 Å². The van der Waals surface area contributed by atoms with Crippen molar-refractivity contribution < 1.29 is 18.3 Å². The molecule has 1 aromatic heterocycles. The molecule has 1 N–H and O–H groups in total. The molecule has 122 valence electrons. The Morgan fingerprint density at radius 1 is 1.26 bits per heavy atom. The van der Waals surface area contributed by atoms with E-state index in [0.717, 1.165) is 17.7 Å². The molecular formula is C15H14F3N3OS. The van der Waals surface area contributed by atoms with Gasteiger partial charge in [0.25, 0.3) is 0 Å². The van der Waals surface area contributed by atoms with Gasteiger partial charge in [0.05, 0.1) is 36.6 Å². The SMILES string of the molecule is N#CCCn1c(CO)cnc1SCc1ccc(C(F)(F)F)cc1. The van der Waals surface area contributed by atoms with Crippen LogP contribution >= 0.6 is 11.8 Å². The van der Waals surface area contributed by atoms with Crippen molar-refractivity contribution in [1.82, 2.24) is 9.55 Å². The van der Waals surface area contributed by atoms with Crippen molar-refractivity contribution >= 4 is 11.8 Å². The monoisotopic (exact) mass is 341 g/mol. The number of thioether (sulfide) groups is 1. The Morgan fingerprint density at radius 3 is 2.52 bits per heavy atom. The first-order valence-corrected chi connectivity index (χ1v) is 7.75. The van der Waals surface area contributed by atoms with Gasteiger partial charge >= 0.3 is 6.18 Å². The molecule has 0 saturated heterocycles. The molecule has 23 heavy (non-hydrogen) atoms. The molecule has 0 saturated carbocycles. The smallest absolute Gasteiger partial charge is 0.390 e. The number of nitrogens with zero attached hydrogens (tertiary/aromatic N) is 3. The topological polar surface area (TPSA) is 61.8 Å². The zero-order valence-electron chi connectivity index (χ0n) is 12.0. The fraction of sp³-hybridized carbons (Fsp3) is 0.333. The lowest BCUT2D eigenvalue weighted by Gasteiger charge is -2.09. The fourth-order valence-corrected chi connectivity index (χ4v) is 2.95. The summed E-state index contributed by atoms with van der Waals surface area (Å²) >= 11 is 1.35. The molecule has 4 nitrogen and oxygen atoms in total. The molecule has 0 aliphatic carbocycles. The number of benzene rings is 1. The summed E-state index contributed by atoms with van der Waals surface area (Å²) in [5.41, 5.74) is 0.669. The Labute approximate surface area is 135 Å². The molecule has 0 atom stereocenters. The van der Waals surface area contributed by atoms with E-state index >= 15 is 0 Å². The van der Waals surface area contributed by atoms with Gasteiger partial charge in [-0.3, -0.25) is 0 Å². The highest BCUT2D eigenvalue weighted by Crippen LogP contribution is 2.30. The number of nitriles is 1. The summed E-state index contributed by atoms with van der Waals surface area (Å²) in [4.78, 5) is 4.19. The van der Waals surface area contributed by atoms with Crippen LogP contribution < -0.4 is 0 Å². The van der Waals surface area contributed by atoms with Gasteiger partial charge < -0.3 is 9.67 Å². The molecule has 2 aromatic rings. The van der Waals surface area contributed by atoms with Gasteiger partial charge in [-0.25, -0.2) is 4.98 Å². The Morgan fingerprint density at radius 2 is 1.96 bits per heavy atom. The number of imidazole rings is 1. The minimum absolute atomic E-state index is 0.181. The van der Waals surface area contributed by atoms with Crippen molar-refractivity contribution in [3.63, 3.8) is 0 Å². The maximum atomic E-state index is 12.5. The zero-order chi connectivity index (χ0) is 16.9. The zero-order valence-corrected chi connectivity index (χ0v) is 12.9. The maximum Gasteiger partial charge on any atom is 0.416 e. The standard InChI is InChI=1S/C15H14F3N3OS/c16-15(17,18)12-4-2-11(3-5-12)10-23-14-20-8-13(9-22)21(14)7-1-6-19/h2-5,8,22H,1,7,9-10H2. The average Bonchev–Trinajstić information content (AvgIpc) is 2.92. The van der Waals surface area contributed by atoms with Crippen LogP contribution in [-0.4, -0.2) is 14.7 Å². The molecule has 0 bridgehead atoms. The normalized spacial score (nSPS) is 11.4. The van der Waals surface area contributed by atoms with E-state index in [0.29, 0.717) is 23.1 Å². The summed E-state index contributed by atoms with van der Waals surface area (Å²) in [6.07, 6.45) is -2.51. The molecule has 0 radical (unpaired) electrons. The number of hydrogen-bond donors (Lipinski definition) is 1. The summed E-state index contributed by atoms with van der Waals surface area (Å²) in [6, 6.07) is 7.01. The molecule has 0 spiro atoms. The summed E-state index contributed by atoms with van der Waals surface area (Å²) in [7, 11) is 0. The van der Waals surface area contributed by atoms with Crippen molar-refractivity contribution in [2.24, 2.45) is 0 Å². The van der Waals surface area contributed by atoms with Gasteiger partial charge in [-0.1, -0.05) is 23.9 Å². The first-order valence-electron chi connectivity index (χ1n) is 6.77. The van der Waals surface area contributed by atoms with Crippen molar-refractivity contribution in [1.29, 1.82) is 5.26 Å². The van der Waals surface area contributed by atoms with Crippen LogP contribution in [0.15, 0.2) is 35.6 Å². The third-order valence-corrected chi connectivity index (χ3v) is 4.22. The summed E-state index contributed by atoms with van der Waals surface area (Å²) < 4.78 is 39.3. The number of aliphatic hydroxyl groups excluding tert-OH is 1. The van der Waals surface area contributed by atoms with Gasteiger partial charge in [0.1, 0.15) is 0 Å². The summed E-state index contributed by atoms with van der Waals surface area (Å²) in [5.74, 6) is 0.451. The number of aromatic nitrogens is 2. The van der Waals surface area contributed by atoms with E-state index in [1.54, 1.807) is 4.57 Å². The molecule has 0 aliphatic heterocycles. The highest BCUT2D eigenvalue weighted by Gasteiger charge is 2.29. The second kappa shape index (κ2) is 7.53. The minimum atomic E-state index is -4.34. The minimum Gasteiger partial charge on any atom is -0.390 e. The van der Waals surface area contributed by atoms with Crippen molar-refractivity contribution in [3.8, 4) is 6.07 Å². The second-order valence-corrected chi connectivity index (χ2v) is 5.68. The molecule has 2 rings (SSSR count). The van der Waals surface area contributed by atoms with E-state index in [-0.39, 0.29) is 13.0 Å². The molecule has 0 aliphatic rings. The van der Waals surface area contributed by atoms with Crippen LogP contribution in [0.3, 0.4) is 0 Å². The van der Waals surface area contributed by atoms with E-state index in [1.807, 2.05) is 6.07 Å². The Hall–Kier alpha value is -1.98. The second-order valence-electron chi connectivity index (χ2n) is 4.73. The molecule has 1 heterocycles. The van der Waals surface area contributed by atoms with Crippen LogP contribution in [0.5, 0.6) is 0 Å². The molecular weight excluding hydrogens is 327 g/mol. The van der Waals surface area contributed by atoms with E-state index in [1.165, 1.54) is 30.1 Å². The molecule has 0 unspecified atom stereocenters. The number of rotatable bonds is 6. The van der Waals surface area contributed by atoms with Crippen molar-refractivity contribution in [2.75, 3.05) is 0 Å². The van der Waals surface area contributed by atoms with Crippen LogP contribution in [0.4, 0.5) is 13.2 Å². The van der Waals surface area contributed by atoms with Crippen LogP contribution in [0.25, 0.3) is 0 Å². The molecule has 1 aromatic carbocycles. The molecule has 0 fully saturated rings. The lowest BCUT2D eigenvalue weighted by molar-refractivity contribution is -0.137. The lowest BCUT2D eigenvalue weighted by Crippen LogP contribution is -2.05. The highest BCUT2D eigenvalue weighted by molar-refractivity contribution is 7.98. The van der Waals surface area contributed by atoms with Crippen molar-refractivity contribution in [3.05, 3.63) is 47.3 Å².